The summed E-state index contributed by atoms with van der Waals surface area (Å²) in [6.45, 7) is 3.94. The summed E-state index contributed by atoms with van der Waals surface area (Å²) in [5.74, 6) is 0.448. The number of carbonyl (C=O) groups is 1. The number of halogens is 2. The van der Waals surface area contributed by atoms with Gasteiger partial charge in [-0.2, -0.15) is 0 Å². The summed E-state index contributed by atoms with van der Waals surface area (Å²) in [5.41, 5.74) is 0.575. The maximum Gasteiger partial charge on any atom is 0.222 e. The van der Waals surface area contributed by atoms with Crippen molar-refractivity contribution in [3.05, 3.63) is 35.6 Å². The Morgan fingerprint density at radius 1 is 1.48 bits per heavy atom. The molecule has 3 nitrogen and oxygen atoms in total. The van der Waals surface area contributed by atoms with E-state index >= 15 is 0 Å². The van der Waals surface area contributed by atoms with E-state index in [-0.39, 0.29) is 30.2 Å². The molecule has 5 heteroatoms. The van der Waals surface area contributed by atoms with Crippen LogP contribution in [-0.2, 0) is 4.79 Å². The summed E-state index contributed by atoms with van der Waals surface area (Å²) in [5, 5.41) is 3.31. The number of amides is 1. The van der Waals surface area contributed by atoms with E-state index < -0.39 is 0 Å². The second kappa shape index (κ2) is 8.35. The SMILES string of the molecule is CC(c1ccccc1F)N(C)C(=O)CCC1CCNC1.Cl. The number of benzene rings is 1. The van der Waals surface area contributed by atoms with Crippen LogP contribution in [-0.4, -0.2) is 30.9 Å². The molecule has 0 aliphatic carbocycles. The van der Waals surface area contributed by atoms with Crippen molar-refractivity contribution < 1.29 is 9.18 Å². The first-order valence-electron chi connectivity index (χ1n) is 7.30. The maximum absolute atomic E-state index is 13.7. The van der Waals surface area contributed by atoms with Crippen LogP contribution in [0, 0.1) is 11.7 Å². The number of rotatable bonds is 5. The minimum Gasteiger partial charge on any atom is -0.339 e. The molecule has 1 saturated heterocycles. The lowest BCUT2D eigenvalue weighted by atomic mass is 10.0. The molecule has 1 amide bonds. The van der Waals surface area contributed by atoms with Gasteiger partial charge in [0.05, 0.1) is 6.04 Å². The van der Waals surface area contributed by atoms with Crippen LogP contribution in [0.4, 0.5) is 4.39 Å². The molecule has 2 rings (SSSR count). The molecule has 2 unspecified atom stereocenters. The van der Waals surface area contributed by atoms with E-state index in [0.29, 0.717) is 17.9 Å². The third-order valence-corrected chi connectivity index (χ3v) is 4.26. The minimum atomic E-state index is -0.250. The number of nitrogens with one attached hydrogen (secondary N) is 1. The summed E-state index contributed by atoms with van der Waals surface area (Å²) in [4.78, 5) is 13.9. The lowest BCUT2D eigenvalue weighted by Gasteiger charge is -2.26. The Morgan fingerprint density at radius 3 is 2.81 bits per heavy atom. The van der Waals surface area contributed by atoms with Crippen molar-refractivity contribution in [1.82, 2.24) is 10.2 Å². The zero-order chi connectivity index (χ0) is 14.5. The Bertz CT molecular complexity index is 463. The lowest BCUT2D eigenvalue weighted by molar-refractivity contribution is -0.132. The van der Waals surface area contributed by atoms with Crippen molar-refractivity contribution in [3.63, 3.8) is 0 Å². The average molecular weight is 315 g/mol. The van der Waals surface area contributed by atoms with Crippen molar-refractivity contribution in [2.24, 2.45) is 5.92 Å². The van der Waals surface area contributed by atoms with Crippen LogP contribution in [0.3, 0.4) is 0 Å². The molecule has 1 aliphatic heterocycles. The van der Waals surface area contributed by atoms with Gasteiger partial charge in [-0.1, -0.05) is 18.2 Å². The van der Waals surface area contributed by atoms with Crippen LogP contribution < -0.4 is 5.32 Å². The zero-order valence-corrected chi connectivity index (χ0v) is 13.5. The molecule has 0 radical (unpaired) electrons. The maximum atomic E-state index is 13.7. The van der Waals surface area contributed by atoms with Crippen LogP contribution in [0.5, 0.6) is 0 Å². The fourth-order valence-electron chi connectivity index (χ4n) is 2.70. The first-order valence-corrected chi connectivity index (χ1v) is 7.30. The van der Waals surface area contributed by atoms with Gasteiger partial charge >= 0.3 is 0 Å². The molecule has 1 aliphatic rings. The van der Waals surface area contributed by atoms with Gasteiger partial charge in [0.1, 0.15) is 5.82 Å². The molecule has 21 heavy (non-hydrogen) atoms. The van der Waals surface area contributed by atoms with Gasteiger partial charge in [0.15, 0.2) is 0 Å². The van der Waals surface area contributed by atoms with E-state index in [0.717, 1.165) is 25.9 Å². The van der Waals surface area contributed by atoms with E-state index in [2.05, 4.69) is 5.32 Å². The standard InChI is InChI=1S/C16H23FN2O.ClH/c1-12(14-5-3-4-6-15(14)17)19(2)16(20)8-7-13-9-10-18-11-13;/h3-6,12-13,18H,7-11H2,1-2H3;1H. The zero-order valence-electron chi connectivity index (χ0n) is 12.6. The van der Waals surface area contributed by atoms with Crippen molar-refractivity contribution >= 4 is 18.3 Å². The minimum absolute atomic E-state index is 0. The van der Waals surface area contributed by atoms with Crippen LogP contribution in [0.1, 0.15) is 37.8 Å². The van der Waals surface area contributed by atoms with E-state index in [1.54, 1.807) is 30.1 Å². The molecule has 1 aromatic carbocycles. The molecule has 1 N–H and O–H groups in total. The fourth-order valence-corrected chi connectivity index (χ4v) is 2.70. The molecule has 0 bridgehead atoms. The van der Waals surface area contributed by atoms with Crippen molar-refractivity contribution in [2.75, 3.05) is 20.1 Å². The van der Waals surface area contributed by atoms with Crippen LogP contribution in [0.25, 0.3) is 0 Å². The Morgan fingerprint density at radius 2 is 2.19 bits per heavy atom. The number of nitrogens with zero attached hydrogens (tertiary/aromatic N) is 1. The average Bonchev–Trinajstić information content (AvgIpc) is 2.97. The van der Waals surface area contributed by atoms with Gasteiger partial charge in [0.25, 0.3) is 0 Å². The molecule has 118 valence electrons. The molecule has 1 heterocycles. The summed E-state index contributed by atoms with van der Waals surface area (Å²) < 4.78 is 13.7. The van der Waals surface area contributed by atoms with E-state index in [9.17, 15) is 9.18 Å². The van der Waals surface area contributed by atoms with E-state index in [1.807, 2.05) is 6.92 Å². The van der Waals surface area contributed by atoms with Gasteiger partial charge in [-0.05, 0) is 44.8 Å². The van der Waals surface area contributed by atoms with E-state index in [4.69, 9.17) is 0 Å². The Balaban J connectivity index is 0.00000220. The largest absolute Gasteiger partial charge is 0.339 e. The second-order valence-corrected chi connectivity index (χ2v) is 5.60. The molecular weight excluding hydrogens is 291 g/mol. The molecule has 0 saturated carbocycles. The normalized spacial score (nSPS) is 18.9. The van der Waals surface area contributed by atoms with Crippen LogP contribution in [0.15, 0.2) is 24.3 Å². The smallest absolute Gasteiger partial charge is 0.222 e. The van der Waals surface area contributed by atoms with Gasteiger partial charge in [-0.3, -0.25) is 4.79 Å². The fraction of sp³-hybridized carbons (Fsp3) is 0.562. The van der Waals surface area contributed by atoms with Crippen molar-refractivity contribution in [1.29, 1.82) is 0 Å². The highest BCUT2D eigenvalue weighted by Gasteiger charge is 2.21. The van der Waals surface area contributed by atoms with Crippen LogP contribution >= 0.6 is 12.4 Å². The quantitative estimate of drug-likeness (QED) is 0.905. The third-order valence-electron chi connectivity index (χ3n) is 4.26. The predicted octanol–water partition coefficient (Wildman–Crippen LogP) is 3.16. The number of hydrogen-bond acceptors (Lipinski definition) is 2. The number of carbonyl (C=O) groups excluding carboxylic acids is 1. The summed E-state index contributed by atoms with van der Waals surface area (Å²) in [7, 11) is 1.76. The first kappa shape index (κ1) is 17.9. The van der Waals surface area contributed by atoms with Gasteiger partial charge in [-0.15, -0.1) is 12.4 Å². The molecular formula is C16H24ClFN2O. The third kappa shape index (κ3) is 4.68. The van der Waals surface area contributed by atoms with Gasteiger partial charge in [0, 0.05) is 19.0 Å². The van der Waals surface area contributed by atoms with Crippen molar-refractivity contribution in [3.8, 4) is 0 Å². The predicted molar refractivity (Wildman–Crippen MR) is 85.0 cm³/mol. The van der Waals surface area contributed by atoms with Crippen molar-refractivity contribution in [2.45, 2.75) is 32.2 Å². The molecule has 1 aromatic rings. The van der Waals surface area contributed by atoms with E-state index in [1.165, 1.54) is 6.07 Å². The highest BCUT2D eigenvalue weighted by Crippen LogP contribution is 2.23. The molecule has 0 spiro atoms. The van der Waals surface area contributed by atoms with Gasteiger partial charge in [0.2, 0.25) is 5.91 Å². The summed E-state index contributed by atoms with van der Waals surface area (Å²) in [6, 6.07) is 6.42. The summed E-state index contributed by atoms with van der Waals surface area (Å²) in [6.07, 6.45) is 2.61. The molecule has 1 fully saturated rings. The highest BCUT2D eigenvalue weighted by molar-refractivity contribution is 5.85. The van der Waals surface area contributed by atoms with Gasteiger partial charge in [-0.25, -0.2) is 4.39 Å². The monoisotopic (exact) mass is 314 g/mol. The highest BCUT2D eigenvalue weighted by atomic mass is 35.5. The van der Waals surface area contributed by atoms with Crippen LogP contribution in [0.2, 0.25) is 0 Å². The lowest BCUT2D eigenvalue weighted by Crippen LogP contribution is -2.30. The first-order chi connectivity index (χ1) is 9.59. The Labute approximate surface area is 132 Å². The van der Waals surface area contributed by atoms with Gasteiger partial charge < -0.3 is 10.2 Å². The Kier molecular flexibility index (Phi) is 7.12. The molecule has 0 aromatic heterocycles. The topological polar surface area (TPSA) is 32.3 Å². The second-order valence-electron chi connectivity index (χ2n) is 5.60. The summed E-state index contributed by atoms with van der Waals surface area (Å²) >= 11 is 0. The number of hydrogen-bond donors (Lipinski definition) is 1. The molecule has 2 atom stereocenters. The Hall–Kier alpha value is -1.13.